The summed E-state index contributed by atoms with van der Waals surface area (Å²) < 4.78 is 17.2. The fourth-order valence-corrected chi connectivity index (χ4v) is 4.28. The van der Waals surface area contributed by atoms with Gasteiger partial charge in [-0.05, 0) is 42.7 Å². The summed E-state index contributed by atoms with van der Waals surface area (Å²) >= 11 is 0. The van der Waals surface area contributed by atoms with Crippen LogP contribution in [0.4, 0.5) is 5.88 Å². The third kappa shape index (κ3) is 3.16. The molecule has 4 aromatic rings. The lowest BCUT2D eigenvalue weighted by Gasteiger charge is -2.23. The average molecular weight is 389 g/mol. The molecule has 1 N–H and O–H groups in total. The first-order valence-corrected chi connectivity index (χ1v) is 10.1. The molecule has 5 heteroatoms. The molecule has 0 spiro atoms. The van der Waals surface area contributed by atoms with E-state index in [4.69, 9.17) is 13.6 Å². The molecule has 0 atom stereocenters. The molecule has 0 radical (unpaired) electrons. The maximum absolute atomic E-state index is 12.9. The van der Waals surface area contributed by atoms with Crippen LogP contribution in [0.25, 0.3) is 33.1 Å². The Bertz CT molecular complexity index is 1210. The van der Waals surface area contributed by atoms with Crippen LogP contribution >= 0.6 is 0 Å². The van der Waals surface area contributed by atoms with E-state index in [1.54, 1.807) is 13.2 Å². The highest BCUT2D eigenvalue weighted by Gasteiger charge is 2.24. The first-order valence-electron chi connectivity index (χ1n) is 10.1. The first kappa shape index (κ1) is 17.9. The minimum absolute atomic E-state index is 0.347. The molecule has 29 heavy (non-hydrogen) atoms. The molecule has 1 saturated carbocycles. The van der Waals surface area contributed by atoms with E-state index in [0.717, 1.165) is 35.1 Å². The third-order valence-electron chi connectivity index (χ3n) is 5.77. The third-order valence-corrected chi connectivity index (χ3v) is 5.77. The molecule has 1 aliphatic carbocycles. The molecule has 0 aliphatic heterocycles. The van der Waals surface area contributed by atoms with Gasteiger partial charge in [0.25, 0.3) is 0 Å². The molecule has 5 nitrogen and oxygen atoms in total. The van der Waals surface area contributed by atoms with Gasteiger partial charge in [0.15, 0.2) is 5.58 Å². The van der Waals surface area contributed by atoms with E-state index in [9.17, 15) is 4.79 Å². The largest absolute Gasteiger partial charge is 0.497 e. The second-order valence-corrected chi connectivity index (χ2v) is 7.60. The van der Waals surface area contributed by atoms with Crippen molar-refractivity contribution >= 4 is 27.8 Å². The van der Waals surface area contributed by atoms with Gasteiger partial charge in [-0.25, -0.2) is 4.79 Å². The van der Waals surface area contributed by atoms with Crippen molar-refractivity contribution in [1.29, 1.82) is 0 Å². The van der Waals surface area contributed by atoms with E-state index in [2.05, 4.69) is 5.32 Å². The molecule has 2 aromatic carbocycles. The van der Waals surface area contributed by atoms with Crippen LogP contribution in [0.5, 0.6) is 5.75 Å². The summed E-state index contributed by atoms with van der Waals surface area (Å²) in [4.78, 5) is 12.9. The number of anilines is 1. The van der Waals surface area contributed by atoms with Gasteiger partial charge in [0.05, 0.1) is 18.1 Å². The van der Waals surface area contributed by atoms with E-state index in [1.807, 2.05) is 42.5 Å². The topological polar surface area (TPSA) is 64.6 Å². The quantitative estimate of drug-likeness (QED) is 0.436. The van der Waals surface area contributed by atoms with Crippen LogP contribution in [-0.4, -0.2) is 13.2 Å². The molecule has 5 rings (SSSR count). The van der Waals surface area contributed by atoms with E-state index >= 15 is 0 Å². The smallest absolute Gasteiger partial charge is 0.348 e. The van der Waals surface area contributed by atoms with Crippen molar-refractivity contribution in [3.63, 3.8) is 0 Å². The summed E-state index contributed by atoms with van der Waals surface area (Å²) in [5.74, 6) is 1.40. The van der Waals surface area contributed by atoms with Gasteiger partial charge in [0, 0.05) is 6.04 Å². The zero-order chi connectivity index (χ0) is 19.8. The predicted molar refractivity (Wildman–Crippen MR) is 115 cm³/mol. The van der Waals surface area contributed by atoms with Gasteiger partial charge in [0.1, 0.15) is 16.7 Å². The Kier molecular flexibility index (Phi) is 4.51. The minimum atomic E-state index is -0.384. The number of hydrogen-bond donors (Lipinski definition) is 1. The highest BCUT2D eigenvalue weighted by Crippen LogP contribution is 2.41. The van der Waals surface area contributed by atoms with Crippen LogP contribution in [0.3, 0.4) is 0 Å². The summed E-state index contributed by atoms with van der Waals surface area (Å²) in [5.41, 5.74) is 2.37. The second-order valence-electron chi connectivity index (χ2n) is 7.60. The molecular weight excluding hydrogens is 366 g/mol. The number of fused-ring (bicyclic) bond motifs is 3. The van der Waals surface area contributed by atoms with Crippen molar-refractivity contribution in [3.05, 3.63) is 59.0 Å². The zero-order valence-electron chi connectivity index (χ0n) is 16.4. The van der Waals surface area contributed by atoms with Crippen molar-refractivity contribution in [3.8, 4) is 16.9 Å². The van der Waals surface area contributed by atoms with Gasteiger partial charge in [-0.3, -0.25) is 0 Å². The Balaban J connectivity index is 1.75. The van der Waals surface area contributed by atoms with Crippen LogP contribution in [0.1, 0.15) is 32.1 Å². The van der Waals surface area contributed by atoms with E-state index in [1.165, 1.54) is 19.3 Å². The molecule has 1 aliphatic rings. The second kappa shape index (κ2) is 7.32. The normalized spacial score (nSPS) is 15.1. The molecule has 0 bridgehead atoms. The monoisotopic (exact) mass is 389 g/mol. The summed E-state index contributed by atoms with van der Waals surface area (Å²) in [6.45, 7) is 0. The fourth-order valence-electron chi connectivity index (χ4n) is 4.28. The van der Waals surface area contributed by atoms with Gasteiger partial charge >= 0.3 is 5.63 Å². The number of para-hydroxylation sites is 1. The molecule has 1 fully saturated rings. The first-order chi connectivity index (χ1) is 14.2. The van der Waals surface area contributed by atoms with Crippen LogP contribution in [0.2, 0.25) is 0 Å². The van der Waals surface area contributed by atoms with Crippen LogP contribution in [0, 0.1) is 0 Å². The van der Waals surface area contributed by atoms with Crippen molar-refractivity contribution in [2.75, 3.05) is 12.4 Å². The standard InChI is InChI=1S/C24H23NO4/c1-27-17-13-11-15(12-14-17)20-21-22(18-9-5-6-10-19(18)28-24(21)26)29-23(20)25-16-7-3-2-4-8-16/h5-6,9-14,16,25H,2-4,7-8H2,1H3. The van der Waals surface area contributed by atoms with Gasteiger partial charge in [-0.15, -0.1) is 0 Å². The van der Waals surface area contributed by atoms with E-state index in [0.29, 0.717) is 28.5 Å². The van der Waals surface area contributed by atoms with E-state index < -0.39 is 0 Å². The molecule has 0 saturated heterocycles. The van der Waals surface area contributed by atoms with Crippen molar-refractivity contribution < 1.29 is 13.6 Å². The predicted octanol–water partition coefficient (Wildman–Crippen LogP) is 5.96. The van der Waals surface area contributed by atoms with Crippen molar-refractivity contribution in [1.82, 2.24) is 0 Å². The Morgan fingerprint density at radius 2 is 1.72 bits per heavy atom. The Labute approximate surface area is 168 Å². The average Bonchev–Trinajstić information content (AvgIpc) is 3.14. The van der Waals surface area contributed by atoms with Gasteiger partial charge in [0.2, 0.25) is 5.88 Å². The SMILES string of the molecule is COc1ccc(-c2c(NC3CCCCC3)oc3c2c(=O)oc2ccccc23)cc1. The van der Waals surface area contributed by atoms with Crippen LogP contribution < -0.4 is 15.7 Å². The number of nitrogens with one attached hydrogen (secondary N) is 1. The van der Waals surface area contributed by atoms with Crippen molar-refractivity contribution in [2.24, 2.45) is 0 Å². The summed E-state index contributed by atoms with van der Waals surface area (Å²) in [7, 11) is 1.64. The zero-order valence-corrected chi connectivity index (χ0v) is 16.4. The number of benzene rings is 2. The highest BCUT2D eigenvalue weighted by molar-refractivity contribution is 6.09. The maximum Gasteiger partial charge on any atom is 0.348 e. The van der Waals surface area contributed by atoms with Gasteiger partial charge in [-0.1, -0.05) is 43.5 Å². The molecular formula is C24H23NO4. The van der Waals surface area contributed by atoms with Gasteiger partial charge in [-0.2, -0.15) is 0 Å². The summed E-state index contributed by atoms with van der Waals surface area (Å²) in [6, 6.07) is 15.5. The van der Waals surface area contributed by atoms with Crippen LogP contribution in [0.15, 0.2) is 62.2 Å². The fraction of sp³-hybridized carbons (Fsp3) is 0.292. The van der Waals surface area contributed by atoms with Crippen molar-refractivity contribution in [2.45, 2.75) is 38.1 Å². The minimum Gasteiger partial charge on any atom is -0.497 e. The number of methoxy groups -OCH3 is 1. The number of furan rings is 1. The Morgan fingerprint density at radius 1 is 0.966 bits per heavy atom. The van der Waals surface area contributed by atoms with Crippen LogP contribution in [-0.2, 0) is 0 Å². The van der Waals surface area contributed by atoms with Gasteiger partial charge < -0.3 is 18.9 Å². The Hall–Kier alpha value is -3.21. The lowest BCUT2D eigenvalue weighted by Crippen LogP contribution is -2.22. The lowest BCUT2D eigenvalue weighted by atomic mass is 9.95. The molecule has 2 heterocycles. The number of ether oxygens (including phenoxy) is 1. The molecule has 0 unspecified atom stereocenters. The van der Waals surface area contributed by atoms with E-state index in [-0.39, 0.29) is 5.63 Å². The molecule has 2 aromatic heterocycles. The highest BCUT2D eigenvalue weighted by atomic mass is 16.5. The Morgan fingerprint density at radius 3 is 2.48 bits per heavy atom. The summed E-state index contributed by atoms with van der Waals surface area (Å²) in [6.07, 6.45) is 5.91. The molecule has 0 amide bonds. The molecule has 148 valence electrons. The summed E-state index contributed by atoms with van der Waals surface area (Å²) in [5, 5.41) is 4.86. The number of hydrogen-bond acceptors (Lipinski definition) is 5. The maximum atomic E-state index is 12.9. The lowest BCUT2D eigenvalue weighted by molar-refractivity contribution is 0.415. The number of rotatable bonds is 4.